The van der Waals surface area contributed by atoms with Crippen LogP contribution in [-0.4, -0.2) is 25.2 Å². The number of carbonyl (C=O) groups is 1. The molecule has 0 aromatic heterocycles. The Morgan fingerprint density at radius 2 is 0.923 bits per heavy atom. The third-order valence-corrected chi connectivity index (χ3v) is 6.33. The molecular formula is C30H22F6O3. The van der Waals surface area contributed by atoms with E-state index in [1.165, 1.54) is 31.4 Å². The minimum Gasteiger partial charge on any atom is -0.497 e. The summed E-state index contributed by atoms with van der Waals surface area (Å²) in [6.45, 7) is 1.90. The molecule has 0 aliphatic rings. The molecular weight excluding hydrogens is 522 g/mol. The van der Waals surface area contributed by atoms with E-state index in [0.717, 1.165) is 54.1 Å². The Bertz CT molecular complexity index is 1410. The number of ketones is 1. The first-order valence-electron chi connectivity index (χ1n) is 11.6. The summed E-state index contributed by atoms with van der Waals surface area (Å²) in [6, 6.07) is 20.2. The molecule has 9 heteroatoms. The number of carbonyl (C=O) groups excluding carboxylic acids is 1. The number of methoxy groups -OCH3 is 1. The van der Waals surface area contributed by atoms with E-state index in [0.29, 0.717) is 11.1 Å². The largest absolute Gasteiger partial charge is 0.497 e. The second-order valence-corrected chi connectivity index (χ2v) is 8.82. The summed E-state index contributed by atoms with van der Waals surface area (Å²) < 4.78 is 96.3. The molecule has 4 aromatic carbocycles. The minimum atomic E-state index is -5.71. The molecule has 3 nitrogen and oxygen atoms in total. The smallest absolute Gasteiger partial charge is 0.411 e. The summed E-state index contributed by atoms with van der Waals surface area (Å²) in [4.78, 5) is 12.6. The third-order valence-electron chi connectivity index (χ3n) is 6.33. The van der Waals surface area contributed by atoms with Gasteiger partial charge in [-0.15, -0.1) is 0 Å². The molecule has 0 N–H and O–H groups in total. The summed E-state index contributed by atoms with van der Waals surface area (Å²) in [5.41, 5.74) is -4.39. The third kappa shape index (κ3) is 5.34. The van der Waals surface area contributed by atoms with Crippen molar-refractivity contribution >= 4 is 5.78 Å². The quantitative estimate of drug-likeness (QED) is 0.173. The van der Waals surface area contributed by atoms with Crippen molar-refractivity contribution in [3.05, 3.63) is 125 Å². The van der Waals surface area contributed by atoms with Gasteiger partial charge in [0.25, 0.3) is 0 Å². The van der Waals surface area contributed by atoms with Crippen molar-refractivity contribution in [2.45, 2.75) is 24.7 Å². The fraction of sp³-hybridized carbons (Fsp3) is 0.167. The van der Waals surface area contributed by atoms with E-state index >= 15 is 0 Å². The van der Waals surface area contributed by atoms with Gasteiger partial charge in [-0.2, -0.15) is 26.3 Å². The van der Waals surface area contributed by atoms with E-state index in [-0.39, 0.29) is 23.0 Å². The van der Waals surface area contributed by atoms with Crippen LogP contribution in [0.2, 0.25) is 0 Å². The predicted octanol–water partition coefficient (Wildman–Crippen LogP) is 8.44. The fourth-order valence-corrected chi connectivity index (χ4v) is 4.28. The zero-order chi connectivity index (χ0) is 28.4. The Kier molecular flexibility index (Phi) is 7.46. The summed E-state index contributed by atoms with van der Waals surface area (Å²) >= 11 is 0. The monoisotopic (exact) mass is 544 g/mol. The molecule has 0 amide bonds. The molecule has 0 heterocycles. The second-order valence-electron chi connectivity index (χ2n) is 8.82. The lowest BCUT2D eigenvalue weighted by Crippen LogP contribution is -2.54. The van der Waals surface area contributed by atoms with Crippen molar-refractivity contribution in [1.29, 1.82) is 0 Å². The van der Waals surface area contributed by atoms with Gasteiger partial charge in [0.1, 0.15) is 17.2 Å². The number of hydrogen-bond donors (Lipinski definition) is 0. The minimum absolute atomic E-state index is 0.0179. The molecule has 0 bridgehead atoms. The molecule has 0 radical (unpaired) electrons. The molecule has 0 saturated heterocycles. The molecule has 0 saturated carbocycles. The van der Waals surface area contributed by atoms with Gasteiger partial charge >= 0.3 is 12.4 Å². The zero-order valence-electron chi connectivity index (χ0n) is 20.7. The zero-order valence-corrected chi connectivity index (χ0v) is 20.7. The molecule has 0 aliphatic heterocycles. The predicted molar refractivity (Wildman–Crippen MR) is 133 cm³/mol. The maximum Gasteiger partial charge on any atom is 0.411 e. The number of alkyl halides is 6. The lowest BCUT2D eigenvalue weighted by molar-refractivity contribution is -0.288. The number of ether oxygens (including phenoxy) is 2. The number of halogens is 6. The first-order chi connectivity index (χ1) is 18.4. The van der Waals surface area contributed by atoms with Gasteiger partial charge in [-0.1, -0.05) is 54.1 Å². The number of benzene rings is 4. The Morgan fingerprint density at radius 3 is 1.31 bits per heavy atom. The highest BCUT2D eigenvalue weighted by molar-refractivity contribution is 6.09. The summed E-state index contributed by atoms with van der Waals surface area (Å²) in [5.74, 6) is 0.174. The molecule has 202 valence electrons. The van der Waals surface area contributed by atoms with Crippen LogP contribution < -0.4 is 9.47 Å². The molecule has 0 spiro atoms. The Morgan fingerprint density at radius 1 is 0.564 bits per heavy atom. The SMILES string of the molecule is COc1ccc(C(c2ccc(Oc3ccc(C(=O)c4ccc(C)cc4)cc3)cc2)(C(F)(F)F)C(F)(F)F)cc1. The molecule has 39 heavy (non-hydrogen) atoms. The van der Waals surface area contributed by atoms with E-state index in [2.05, 4.69) is 0 Å². The highest BCUT2D eigenvalue weighted by atomic mass is 19.4. The Hall–Kier alpha value is -4.27. The van der Waals surface area contributed by atoms with E-state index in [9.17, 15) is 31.1 Å². The van der Waals surface area contributed by atoms with Crippen molar-refractivity contribution in [3.63, 3.8) is 0 Å². The van der Waals surface area contributed by atoms with Gasteiger partial charge in [0, 0.05) is 11.1 Å². The topological polar surface area (TPSA) is 35.5 Å². The lowest BCUT2D eigenvalue weighted by Gasteiger charge is -2.38. The van der Waals surface area contributed by atoms with Crippen molar-refractivity contribution in [1.82, 2.24) is 0 Å². The Labute approximate surface area is 220 Å². The van der Waals surface area contributed by atoms with E-state index in [1.807, 2.05) is 19.1 Å². The Balaban J connectivity index is 1.62. The van der Waals surface area contributed by atoms with Crippen LogP contribution in [0.25, 0.3) is 0 Å². The summed E-state index contributed by atoms with van der Waals surface area (Å²) in [7, 11) is 1.25. The average molecular weight is 544 g/mol. The number of rotatable bonds is 7. The second kappa shape index (κ2) is 10.5. The van der Waals surface area contributed by atoms with Gasteiger partial charge in [0.15, 0.2) is 5.78 Å². The first-order valence-corrected chi connectivity index (χ1v) is 11.6. The van der Waals surface area contributed by atoms with Crippen molar-refractivity contribution in [2.75, 3.05) is 7.11 Å². The van der Waals surface area contributed by atoms with Crippen LogP contribution in [0.15, 0.2) is 97.1 Å². The first kappa shape index (κ1) is 27.8. The van der Waals surface area contributed by atoms with Crippen LogP contribution in [0.1, 0.15) is 32.6 Å². The van der Waals surface area contributed by atoms with Gasteiger partial charge in [0.2, 0.25) is 5.41 Å². The van der Waals surface area contributed by atoms with Crippen molar-refractivity contribution in [2.24, 2.45) is 0 Å². The number of aryl methyl sites for hydroxylation is 1. The van der Waals surface area contributed by atoms with Crippen molar-refractivity contribution in [3.8, 4) is 17.2 Å². The van der Waals surface area contributed by atoms with Gasteiger partial charge in [-0.3, -0.25) is 4.79 Å². The standard InChI is InChI=1S/C30H22F6O3/c1-19-3-5-20(6-4-19)27(37)21-7-13-25(14-8-21)39-26-17-11-23(12-18-26)28(29(31,32)33,30(34,35)36)22-9-15-24(38-2)16-10-22/h3-18H,1-2H3. The highest BCUT2D eigenvalue weighted by Gasteiger charge is 2.72. The maximum absolute atomic E-state index is 14.3. The van der Waals surface area contributed by atoms with Gasteiger partial charge in [-0.05, 0) is 66.6 Å². The van der Waals surface area contributed by atoms with Gasteiger partial charge < -0.3 is 9.47 Å². The van der Waals surface area contributed by atoms with Crippen LogP contribution in [0.3, 0.4) is 0 Å². The maximum atomic E-state index is 14.3. The molecule has 0 unspecified atom stereocenters. The summed E-state index contributed by atoms with van der Waals surface area (Å²) in [5, 5.41) is 0. The number of hydrogen-bond acceptors (Lipinski definition) is 3. The molecule has 0 atom stereocenters. The lowest BCUT2D eigenvalue weighted by atomic mass is 9.73. The van der Waals surface area contributed by atoms with Crippen LogP contribution >= 0.6 is 0 Å². The van der Waals surface area contributed by atoms with Crippen LogP contribution in [0.5, 0.6) is 17.2 Å². The van der Waals surface area contributed by atoms with Gasteiger partial charge in [-0.25, -0.2) is 0 Å². The van der Waals surface area contributed by atoms with E-state index in [1.54, 1.807) is 12.1 Å². The van der Waals surface area contributed by atoms with Crippen LogP contribution in [-0.2, 0) is 5.41 Å². The van der Waals surface area contributed by atoms with Gasteiger partial charge in [0.05, 0.1) is 7.11 Å². The van der Waals surface area contributed by atoms with E-state index in [4.69, 9.17) is 9.47 Å². The van der Waals surface area contributed by atoms with E-state index < -0.39 is 28.9 Å². The molecule has 4 rings (SSSR count). The highest BCUT2D eigenvalue weighted by Crippen LogP contribution is 2.56. The molecule has 4 aromatic rings. The van der Waals surface area contributed by atoms with Crippen LogP contribution in [0, 0.1) is 6.92 Å². The molecule has 0 aliphatic carbocycles. The fourth-order valence-electron chi connectivity index (χ4n) is 4.28. The summed E-state index contributed by atoms with van der Waals surface area (Å²) in [6.07, 6.45) is -11.4. The van der Waals surface area contributed by atoms with Crippen molar-refractivity contribution < 1.29 is 40.6 Å². The van der Waals surface area contributed by atoms with Crippen LogP contribution in [0.4, 0.5) is 26.3 Å². The molecule has 0 fully saturated rings. The average Bonchev–Trinajstić information content (AvgIpc) is 2.89. The normalized spacial score (nSPS) is 12.2.